The van der Waals surface area contributed by atoms with Crippen molar-refractivity contribution in [2.24, 2.45) is 5.73 Å². The van der Waals surface area contributed by atoms with Gasteiger partial charge in [-0.15, -0.1) is 0 Å². The number of hydrogen-bond donors (Lipinski definition) is 3. The second-order valence-electron chi connectivity index (χ2n) is 6.27. The number of amides is 1. The van der Waals surface area contributed by atoms with E-state index in [0.717, 1.165) is 22.1 Å². The van der Waals surface area contributed by atoms with E-state index < -0.39 is 0 Å². The number of anilines is 1. The summed E-state index contributed by atoms with van der Waals surface area (Å²) in [5.41, 5.74) is 10.8. The molecule has 3 aromatic heterocycles. The number of nitrogens with one attached hydrogen (secondary N) is 2. The van der Waals surface area contributed by atoms with Crippen molar-refractivity contribution in [2.75, 3.05) is 5.32 Å². The summed E-state index contributed by atoms with van der Waals surface area (Å²) in [5, 5.41) is 10.4. The van der Waals surface area contributed by atoms with Crippen molar-refractivity contribution >= 4 is 22.6 Å². The van der Waals surface area contributed by atoms with Crippen LogP contribution in [0.5, 0.6) is 0 Å². The molecule has 4 N–H and O–H groups in total. The van der Waals surface area contributed by atoms with Gasteiger partial charge >= 0.3 is 0 Å². The molecule has 1 amide bonds. The first-order valence-corrected chi connectivity index (χ1v) is 8.53. The standard InChI is InChI=1S/C20H18N6O/c1-12(21)15-3-2-14(10-16(15)13-4-7-22-8-5-13)20(27)25-18-6-9-23-19-17(18)11-24-26-19/h2-12H,21H2,1H3,(H2,23,24,25,26,27). The third-order valence-electron chi connectivity index (χ3n) is 4.40. The first-order chi connectivity index (χ1) is 13.1. The molecule has 0 fully saturated rings. The molecule has 1 atom stereocenters. The molecule has 4 rings (SSSR count). The van der Waals surface area contributed by atoms with Crippen molar-refractivity contribution in [2.45, 2.75) is 13.0 Å². The molecule has 4 aromatic rings. The van der Waals surface area contributed by atoms with Crippen LogP contribution in [0.2, 0.25) is 0 Å². The van der Waals surface area contributed by atoms with E-state index in [-0.39, 0.29) is 11.9 Å². The molecule has 0 bridgehead atoms. The maximum atomic E-state index is 12.8. The lowest BCUT2D eigenvalue weighted by Gasteiger charge is -2.15. The molecule has 0 saturated heterocycles. The highest BCUT2D eigenvalue weighted by atomic mass is 16.1. The average Bonchev–Trinajstić information content (AvgIpc) is 3.18. The molecule has 0 aliphatic heterocycles. The Labute approximate surface area is 155 Å². The highest BCUT2D eigenvalue weighted by Gasteiger charge is 2.15. The Hall–Kier alpha value is -3.58. The summed E-state index contributed by atoms with van der Waals surface area (Å²) in [7, 11) is 0. The van der Waals surface area contributed by atoms with E-state index >= 15 is 0 Å². The van der Waals surface area contributed by atoms with Gasteiger partial charge in [-0.3, -0.25) is 14.9 Å². The molecule has 7 heteroatoms. The van der Waals surface area contributed by atoms with Crippen molar-refractivity contribution in [1.29, 1.82) is 0 Å². The van der Waals surface area contributed by atoms with Gasteiger partial charge in [0.2, 0.25) is 0 Å². The van der Waals surface area contributed by atoms with Gasteiger partial charge < -0.3 is 11.1 Å². The van der Waals surface area contributed by atoms with Gasteiger partial charge in [0.1, 0.15) is 0 Å². The zero-order valence-corrected chi connectivity index (χ0v) is 14.7. The van der Waals surface area contributed by atoms with Crippen molar-refractivity contribution in [1.82, 2.24) is 20.2 Å². The molecular formula is C20H18N6O. The van der Waals surface area contributed by atoms with Gasteiger partial charge in [-0.1, -0.05) is 6.07 Å². The Kier molecular flexibility index (Phi) is 4.35. The Morgan fingerprint density at radius 2 is 1.96 bits per heavy atom. The lowest BCUT2D eigenvalue weighted by molar-refractivity contribution is 0.102. The molecule has 1 unspecified atom stereocenters. The fraction of sp³-hybridized carbons (Fsp3) is 0.100. The van der Waals surface area contributed by atoms with Crippen molar-refractivity contribution in [3.63, 3.8) is 0 Å². The number of aromatic nitrogens is 4. The number of H-pyrrole nitrogens is 1. The molecule has 0 aliphatic carbocycles. The van der Waals surface area contributed by atoms with E-state index in [1.807, 2.05) is 31.2 Å². The van der Waals surface area contributed by atoms with Crippen LogP contribution >= 0.6 is 0 Å². The molecule has 7 nitrogen and oxygen atoms in total. The molecule has 0 radical (unpaired) electrons. The van der Waals surface area contributed by atoms with Crippen molar-refractivity contribution < 1.29 is 4.79 Å². The lowest BCUT2D eigenvalue weighted by atomic mass is 9.94. The topological polar surface area (TPSA) is 110 Å². The van der Waals surface area contributed by atoms with Gasteiger partial charge in [-0.25, -0.2) is 4.98 Å². The van der Waals surface area contributed by atoms with Crippen molar-refractivity contribution in [3.05, 3.63) is 72.3 Å². The summed E-state index contributed by atoms with van der Waals surface area (Å²) in [6.45, 7) is 1.92. The van der Waals surface area contributed by atoms with E-state index in [2.05, 4.69) is 25.5 Å². The zero-order chi connectivity index (χ0) is 18.8. The van der Waals surface area contributed by atoms with Gasteiger partial charge in [0.05, 0.1) is 17.3 Å². The van der Waals surface area contributed by atoms with Crippen LogP contribution in [0.1, 0.15) is 28.9 Å². The van der Waals surface area contributed by atoms with Crippen LogP contribution in [-0.2, 0) is 0 Å². The zero-order valence-electron chi connectivity index (χ0n) is 14.7. The highest BCUT2D eigenvalue weighted by Crippen LogP contribution is 2.29. The SMILES string of the molecule is CC(N)c1ccc(C(=O)Nc2ccnc3[nH]ncc23)cc1-c1ccncc1. The molecule has 0 spiro atoms. The monoisotopic (exact) mass is 358 g/mol. The molecule has 3 heterocycles. The summed E-state index contributed by atoms with van der Waals surface area (Å²) in [4.78, 5) is 21.1. The first kappa shape index (κ1) is 16.9. The van der Waals surface area contributed by atoms with Crippen LogP contribution in [0.4, 0.5) is 5.69 Å². The van der Waals surface area contributed by atoms with Crippen LogP contribution < -0.4 is 11.1 Å². The number of aromatic amines is 1. The first-order valence-electron chi connectivity index (χ1n) is 8.53. The third-order valence-corrected chi connectivity index (χ3v) is 4.40. The minimum atomic E-state index is -0.213. The Morgan fingerprint density at radius 3 is 2.74 bits per heavy atom. The normalized spacial score (nSPS) is 12.1. The summed E-state index contributed by atoms with van der Waals surface area (Å²) >= 11 is 0. The van der Waals surface area contributed by atoms with Crippen LogP contribution in [0.3, 0.4) is 0 Å². The average molecular weight is 358 g/mol. The number of carbonyl (C=O) groups excluding carboxylic acids is 1. The number of nitrogens with two attached hydrogens (primary N) is 1. The molecule has 0 aliphatic rings. The number of fused-ring (bicyclic) bond motifs is 1. The summed E-state index contributed by atoms with van der Waals surface area (Å²) in [6, 6.07) is 10.9. The second kappa shape index (κ2) is 6.97. The molecule has 0 saturated carbocycles. The number of carbonyl (C=O) groups is 1. The van der Waals surface area contributed by atoms with Gasteiger partial charge in [0, 0.05) is 30.2 Å². The highest BCUT2D eigenvalue weighted by molar-refractivity contribution is 6.08. The van der Waals surface area contributed by atoms with Gasteiger partial charge in [-0.2, -0.15) is 5.10 Å². The Bertz CT molecular complexity index is 1100. The Balaban J connectivity index is 1.71. The number of rotatable bonds is 4. The third kappa shape index (κ3) is 3.28. The summed E-state index contributed by atoms with van der Waals surface area (Å²) in [5.74, 6) is -0.213. The van der Waals surface area contributed by atoms with E-state index in [4.69, 9.17) is 5.73 Å². The lowest BCUT2D eigenvalue weighted by Crippen LogP contribution is -2.14. The van der Waals surface area contributed by atoms with Crippen molar-refractivity contribution in [3.8, 4) is 11.1 Å². The van der Waals surface area contributed by atoms with Crippen LogP contribution in [0.25, 0.3) is 22.2 Å². The van der Waals surface area contributed by atoms with Gasteiger partial charge in [0.25, 0.3) is 5.91 Å². The molecule has 27 heavy (non-hydrogen) atoms. The van der Waals surface area contributed by atoms with E-state index in [1.165, 1.54) is 0 Å². The number of nitrogens with zero attached hydrogens (tertiary/aromatic N) is 3. The van der Waals surface area contributed by atoms with Crippen LogP contribution in [0.15, 0.2) is 61.2 Å². The molecule has 1 aromatic carbocycles. The van der Waals surface area contributed by atoms with E-state index in [1.54, 1.807) is 36.9 Å². The smallest absolute Gasteiger partial charge is 0.255 e. The molecular weight excluding hydrogens is 340 g/mol. The van der Waals surface area contributed by atoms with Gasteiger partial charge in [-0.05, 0) is 53.9 Å². The predicted molar refractivity (Wildman–Crippen MR) is 104 cm³/mol. The predicted octanol–water partition coefficient (Wildman–Crippen LogP) is 3.29. The second-order valence-corrected chi connectivity index (χ2v) is 6.27. The summed E-state index contributed by atoms with van der Waals surface area (Å²) in [6.07, 6.45) is 6.70. The molecule has 134 valence electrons. The number of benzene rings is 1. The van der Waals surface area contributed by atoms with Crippen LogP contribution in [-0.4, -0.2) is 26.1 Å². The maximum absolute atomic E-state index is 12.8. The maximum Gasteiger partial charge on any atom is 0.255 e. The minimum Gasteiger partial charge on any atom is -0.324 e. The number of pyridine rings is 2. The minimum absolute atomic E-state index is 0.156. The fourth-order valence-corrected chi connectivity index (χ4v) is 3.03. The van der Waals surface area contributed by atoms with Crippen LogP contribution in [0, 0.1) is 0 Å². The number of hydrogen-bond acceptors (Lipinski definition) is 5. The Morgan fingerprint density at radius 1 is 1.15 bits per heavy atom. The largest absolute Gasteiger partial charge is 0.324 e. The van der Waals surface area contributed by atoms with Gasteiger partial charge in [0.15, 0.2) is 5.65 Å². The summed E-state index contributed by atoms with van der Waals surface area (Å²) < 4.78 is 0. The quantitative estimate of drug-likeness (QED) is 0.518. The van der Waals surface area contributed by atoms with E-state index in [9.17, 15) is 4.79 Å². The van der Waals surface area contributed by atoms with E-state index in [0.29, 0.717) is 16.9 Å². The fourth-order valence-electron chi connectivity index (χ4n) is 3.03.